The Hall–Kier alpha value is -1.44. The molecular weight excluding hydrogens is 342 g/mol. The van der Waals surface area contributed by atoms with Crippen molar-refractivity contribution in [3.63, 3.8) is 0 Å². The van der Waals surface area contributed by atoms with Gasteiger partial charge in [0.2, 0.25) is 0 Å². The molecule has 3 rings (SSSR count). The molecule has 0 saturated carbocycles. The summed E-state index contributed by atoms with van der Waals surface area (Å²) < 4.78 is 5.57. The quantitative estimate of drug-likeness (QED) is 0.816. The van der Waals surface area contributed by atoms with Gasteiger partial charge in [-0.1, -0.05) is 0 Å². The molecule has 0 bridgehead atoms. The van der Waals surface area contributed by atoms with E-state index in [1.807, 2.05) is 30.2 Å². The summed E-state index contributed by atoms with van der Waals surface area (Å²) in [7, 11) is 0. The lowest BCUT2D eigenvalue weighted by molar-refractivity contribution is 0.0762. The topological polar surface area (TPSA) is 45.7 Å². The lowest BCUT2D eigenvalue weighted by Crippen LogP contribution is -2.34. The molecule has 1 amide bonds. The van der Waals surface area contributed by atoms with Crippen molar-refractivity contribution in [1.82, 2.24) is 14.8 Å². The Labute approximate surface area is 150 Å². The SMILES string of the molecule is CCOc1ccsc1C(=O)N1CCCN(Cc2csc(C)n2)CC1. The van der Waals surface area contributed by atoms with Gasteiger partial charge >= 0.3 is 0 Å². The van der Waals surface area contributed by atoms with Crippen LogP contribution < -0.4 is 4.74 Å². The standard InChI is InChI=1S/C17H23N3O2S2/c1-3-22-15-5-10-23-16(15)17(21)20-7-4-6-19(8-9-20)11-14-12-24-13(2)18-14/h5,10,12H,3-4,6-9,11H2,1-2H3. The summed E-state index contributed by atoms with van der Waals surface area (Å²) in [6.45, 7) is 8.87. The number of nitrogens with zero attached hydrogens (tertiary/aromatic N) is 3. The van der Waals surface area contributed by atoms with E-state index >= 15 is 0 Å². The minimum Gasteiger partial charge on any atom is -0.492 e. The normalized spacial score (nSPS) is 16.2. The van der Waals surface area contributed by atoms with E-state index in [2.05, 4.69) is 15.3 Å². The van der Waals surface area contributed by atoms with E-state index in [9.17, 15) is 4.79 Å². The summed E-state index contributed by atoms with van der Waals surface area (Å²) in [5, 5.41) is 5.16. The number of carbonyl (C=O) groups is 1. The molecule has 5 nitrogen and oxygen atoms in total. The summed E-state index contributed by atoms with van der Waals surface area (Å²) in [6, 6.07) is 1.89. The number of hydrogen-bond donors (Lipinski definition) is 0. The van der Waals surface area contributed by atoms with Gasteiger partial charge in [0.15, 0.2) is 0 Å². The summed E-state index contributed by atoms with van der Waals surface area (Å²) in [5.74, 6) is 0.811. The monoisotopic (exact) mass is 365 g/mol. The summed E-state index contributed by atoms with van der Waals surface area (Å²) in [4.78, 5) is 22.4. The molecular formula is C17H23N3O2S2. The van der Waals surface area contributed by atoms with Crippen LogP contribution in [-0.2, 0) is 6.54 Å². The predicted molar refractivity (Wildman–Crippen MR) is 98.1 cm³/mol. The van der Waals surface area contributed by atoms with Gasteiger partial charge in [-0.25, -0.2) is 4.98 Å². The molecule has 0 spiro atoms. The number of hydrogen-bond acceptors (Lipinski definition) is 6. The first-order chi connectivity index (χ1) is 11.7. The van der Waals surface area contributed by atoms with E-state index < -0.39 is 0 Å². The zero-order valence-corrected chi connectivity index (χ0v) is 15.8. The summed E-state index contributed by atoms with van der Waals surface area (Å²) >= 11 is 3.16. The molecule has 2 aromatic rings. The van der Waals surface area contributed by atoms with E-state index in [0.29, 0.717) is 12.4 Å². The summed E-state index contributed by atoms with van der Waals surface area (Å²) in [6.07, 6.45) is 0.990. The molecule has 2 aromatic heterocycles. The molecule has 1 saturated heterocycles. The molecule has 0 unspecified atom stereocenters. The van der Waals surface area contributed by atoms with Crippen LogP contribution in [0.25, 0.3) is 0 Å². The van der Waals surface area contributed by atoms with Gasteiger partial charge in [0.1, 0.15) is 10.6 Å². The number of carbonyl (C=O) groups excluding carboxylic acids is 1. The van der Waals surface area contributed by atoms with E-state index in [1.54, 1.807) is 11.3 Å². The fourth-order valence-electron chi connectivity index (χ4n) is 2.91. The molecule has 0 aliphatic carbocycles. The lowest BCUT2D eigenvalue weighted by Gasteiger charge is -2.21. The Morgan fingerprint density at radius 3 is 2.92 bits per heavy atom. The van der Waals surface area contributed by atoms with Crippen molar-refractivity contribution in [2.75, 3.05) is 32.8 Å². The van der Waals surface area contributed by atoms with Crippen LogP contribution in [0.4, 0.5) is 0 Å². The Morgan fingerprint density at radius 2 is 2.17 bits per heavy atom. The van der Waals surface area contributed by atoms with Crippen molar-refractivity contribution >= 4 is 28.6 Å². The van der Waals surface area contributed by atoms with Crippen molar-refractivity contribution in [3.05, 3.63) is 32.4 Å². The molecule has 7 heteroatoms. The van der Waals surface area contributed by atoms with Gasteiger partial charge in [0.25, 0.3) is 5.91 Å². The number of thiophene rings is 1. The Balaban J connectivity index is 1.60. The molecule has 0 radical (unpaired) electrons. The van der Waals surface area contributed by atoms with Crippen molar-refractivity contribution in [3.8, 4) is 5.75 Å². The van der Waals surface area contributed by atoms with Crippen molar-refractivity contribution in [1.29, 1.82) is 0 Å². The molecule has 1 aliphatic rings. The zero-order valence-electron chi connectivity index (χ0n) is 14.2. The predicted octanol–water partition coefficient (Wildman–Crippen LogP) is 3.26. The first-order valence-electron chi connectivity index (χ1n) is 8.30. The lowest BCUT2D eigenvalue weighted by atomic mass is 10.3. The van der Waals surface area contributed by atoms with Gasteiger partial charge in [-0.15, -0.1) is 22.7 Å². The minimum absolute atomic E-state index is 0.0970. The zero-order chi connectivity index (χ0) is 16.9. The number of aryl methyl sites for hydroxylation is 1. The fourth-order valence-corrected chi connectivity index (χ4v) is 4.31. The van der Waals surface area contributed by atoms with Crippen LogP contribution in [0.3, 0.4) is 0 Å². The van der Waals surface area contributed by atoms with Crippen LogP contribution in [0.5, 0.6) is 5.75 Å². The molecule has 3 heterocycles. The van der Waals surface area contributed by atoms with Gasteiger partial charge < -0.3 is 9.64 Å². The molecule has 0 aromatic carbocycles. The molecule has 24 heavy (non-hydrogen) atoms. The number of amides is 1. The van der Waals surface area contributed by atoms with Crippen LogP contribution >= 0.6 is 22.7 Å². The van der Waals surface area contributed by atoms with Crippen LogP contribution in [0.15, 0.2) is 16.8 Å². The fraction of sp³-hybridized carbons (Fsp3) is 0.529. The van der Waals surface area contributed by atoms with Crippen LogP contribution in [0.2, 0.25) is 0 Å². The maximum atomic E-state index is 12.8. The van der Waals surface area contributed by atoms with Crippen LogP contribution in [0.1, 0.15) is 33.7 Å². The highest BCUT2D eigenvalue weighted by molar-refractivity contribution is 7.12. The van der Waals surface area contributed by atoms with E-state index in [-0.39, 0.29) is 5.91 Å². The Kier molecular flexibility index (Phi) is 5.86. The number of thiazole rings is 1. The van der Waals surface area contributed by atoms with Gasteiger partial charge in [-0.2, -0.15) is 0 Å². The van der Waals surface area contributed by atoms with Crippen molar-refractivity contribution in [2.45, 2.75) is 26.8 Å². The van der Waals surface area contributed by atoms with E-state index in [1.165, 1.54) is 11.3 Å². The highest BCUT2D eigenvalue weighted by Gasteiger charge is 2.24. The number of aromatic nitrogens is 1. The first-order valence-corrected chi connectivity index (χ1v) is 10.1. The van der Waals surface area contributed by atoms with Gasteiger partial charge in [-0.05, 0) is 31.7 Å². The van der Waals surface area contributed by atoms with E-state index in [0.717, 1.165) is 54.7 Å². The van der Waals surface area contributed by atoms with Gasteiger partial charge in [0, 0.05) is 38.1 Å². The maximum absolute atomic E-state index is 12.8. The third kappa shape index (κ3) is 4.15. The van der Waals surface area contributed by atoms with Crippen LogP contribution in [-0.4, -0.2) is 53.5 Å². The highest BCUT2D eigenvalue weighted by Crippen LogP contribution is 2.27. The highest BCUT2D eigenvalue weighted by atomic mass is 32.1. The van der Waals surface area contributed by atoms with E-state index in [4.69, 9.17) is 4.74 Å². The number of rotatable bonds is 5. The average molecular weight is 366 g/mol. The number of ether oxygens (including phenoxy) is 1. The Morgan fingerprint density at radius 1 is 1.29 bits per heavy atom. The van der Waals surface area contributed by atoms with Crippen molar-refractivity contribution < 1.29 is 9.53 Å². The second-order valence-electron chi connectivity index (χ2n) is 5.83. The second-order valence-corrected chi connectivity index (χ2v) is 7.81. The Bertz CT molecular complexity index is 683. The molecule has 130 valence electrons. The minimum atomic E-state index is 0.0970. The maximum Gasteiger partial charge on any atom is 0.267 e. The summed E-state index contributed by atoms with van der Waals surface area (Å²) in [5.41, 5.74) is 1.13. The molecule has 0 N–H and O–H groups in total. The average Bonchev–Trinajstić information content (AvgIpc) is 3.12. The third-order valence-corrected chi connectivity index (χ3v) is 5.76. The smallest absolute Gasteiger partial charge is 0.267 e. The molecule has 1 aliphatic heterocycles. The van der Waals surface area contributed by atoms with Crippen LogP contribution in [0, 0.1) is 6.92 Å². The second kappa shape index (κ2) is 8.09. The first kappa shape index (κ1) is 17.4. The molecule has 1 fully saturated rings. The van der Waals surface area contributed by atoms with Gasteiger partial charge in [-0.3, -0.25) is 9.69 Å². The largest absolute Gasteiger partial charge is 0.492 e. The third-order valence-electron chi connectivity index (χ3n) is 4.05. The van der Waals surface area contributed by atoms with Gasteiger partial charge in [0.05, 0.1) is 17.3 Å². The molecule has 0 atom stereocenters. The van der Waals surface area contributed by atoms with Crippen molar-refractivity contribution in [2.24, 2.45) is 0 Å².